The molecule has 1 saturated heterocycles. The van der Waals surface area contributed by atoms with Gasteiger partial charge >= 0.3 is 0 Å². The molecule has 150 valence electrons. The highest BCUT2D eigenvalue weighted by atomic mass is 16.5. The lowest BCUT2D eigenvalue weighted by Crippen LogP contribution is -2.37. The van der Waals surface area contributed by atoms with Crippen LogP contribution in [0.3, 0.4) is 0 Å². The van der Waals surface area contributed by atoms with Crippen molar-refractivity contribution in [2.45, 2.75) is 45.8 Å². The highest BCUT2D eigenvalue weighted by molar-refractivity contribution is 6.13. The van der Waals surface area contributed by atoms with E-state index in [1.807, 2.05) is 32.9 Å². The first-order chi connectivity index (χ1) is 13.3. The minimum atomic E-state index is -0.278. The Morgan fingerprint density at radius 1 is 1.21 bits per heavy atom. The smallest absolute Gasteiger partial charge is 0.132 e. The molecule has 2 aromatic rings. The van der Waals surface area contributed by atoms with Crippen molar-refractivity contribution in [2.75, 3.05) is 23.7 Å². The maximum absolute atomic E-state index is 9.79. The van der Waals surface area contributed by atoms with Gasteiger partial charge in [-0.25, -0.2) is 9.97 Å². The molecule has 0 saturated carbocycles. The summed E-state index contributed by atoms with van der Waals surface area (Å²) in [5.74, 6) is 1.81. The molecule has 1 aliphatic rings. The number of ether oxygens (including phenoxy) is 1. The minimum absolute atomic E-state index is 0.0425. The van der Waals surface area contributed by atoms with E-state index in [2.05, 4.69) is 14.9 Å². The van der Waals surface area contributed by atoms with Crippen LogP contribution in [0.4, 0.5) is 11.5 Å². The fourth-order valence-electron chi connectivity index (χ4n) is 3.50. The molecule has 1 fully saturated rings. The van der Waals surface area contributed by atoms with Crippen molar-refractivity contribution >= 4 is 17.2 Å². The van der Waals surface area contributed by atoms with Crippen LogP contribution in [-0.2, 0) is 0 Å². The number of nitrogen functional groups attached to an aromatic ring is 1. The van der Waals surface area contributed by atoms with Crippen LogP contribution in [0.1, 0.15) is 44.9 Å². The first kappa shape index (κ1) is 20.1. The van der Waals surface area contributed by atoms with E-state index in [1.54, 1.807) is 12.1 Å². The van der Waals surface area contributed by atoms with E-state index in [0.717, 1.165) is 31.7 Å². The molecule has 1 unspecified atom stereocenters. The quantitative estimate of drug-likeness (QED) is 0.523. The van der Waals surface area contributed by atoms with Crippen molar-refractivity contribution in [1.29, 1.82) is 5.41 Å². The first-order valence-corrected chi connectivity index (χ1v) is 9.75. The van der Waals surface area contributed by atoms with Gasteiger partial charge < -0.3 is 20.5 Å². The minimum Gasteiger partial charge on any atom is -0.491 e. The van der Waals surface area contributed by atoms with Gasteiger partial charge in [0.25, 0.3) is 0 Å². The Morgan fingerprint density at radius 3 is 2.57 bits per heavy atom. The molecular formula is C21H29N5O2. The number of nitrogens with one attached hydrogen (secondary N) is 1. The Kier molecular flexibility index (Phi) is 6.14. The van der Waals surface area contributed by atoms with Crippen molar-refractivity contribution < 1.29 is 9.84 Å². The number of piperidine rings is 1. The van der Waals surface area contributed by atoms with Gasteiger partial charge in [-0.2, -0.15) is 0 Å². The molecule has 28 heavy (non-hydrogen) atoms. The fourth-order valence-corrected chi connectivity index (χ4v) is 3.50. The molecule has 4 N–H and O–H groups in total. The molecule has 0 aliphatic carbocycles. The summed E-state index contributed by atoms with van der Waals surface area (Å²) in [5, 5.41) is 18.4. The summed E-state index contributed by atoms with van der Waals surface area (Å²) in [6.07, 6.45) is 3.11. The van der Waals surface area contributed by atoms with Crippen LogP contribution in [0.15, 0.2) is 30.6 Å². The normalized spacial score (nSPS) is 16.2. The molecule has 1 atom stereocenters. The number of rotatable bonds is 6. The number of benzene rings is 1. The average Bonchev–Trinajstić information content (AvgIpc) is 2.68. The predicted molar refractivity (Wildman–Crippen MR) is 111 cm³/mol. The van der Waals surface area contributed by atoms with Crippen LogP contribution in [0.2, 0.25) is 0 Å². The van der Waals surface area contributed by atoms with E-state index < -0.39 is 0 Å². The van der Waals surface area contributed by atoms with E-state index in [4.69, 9.17) is 15.9 Å². The highest BCUT2D eigenvalue weighted by Gasteiger charge is 2.24. The van der Waals surface area contributed by atoms with Crippen molar-refractivity contribution in [3.63, 3.8) is 0 Å². The Bertz CT molecular complexity index is 829. The molecule has 1 aromatic carbocycles. The van der Waals surface area contributed by atoms with E-state index in [0.29, 0.717) is 28.6 Å². The zero-order valence-electron chi connectivity index (χ0n) is 16.7. The molecular weight excluding hydrogens is 354 g/mol. The largest absolute Gasteiger partial charge is 0.491 e. The third-order valence-corrected chi connectivity index (χ3v) is 5.12. The van der Waals surface area contributed by atoms with E-state index in [-0.39, 0.29) is 17.9 Å². The van der Waals surface area contributed by atoms with Crippen LogP contribution < -0.4 is 15.4 Å². The molecule has 7 heteroatoms. The number of nitrogens with zero attached hydrogens (tertiary/aromatic N) is 3. The summed E-state index contributed by atoms with van der Waals surface area (Å²) in [7, 11) is 0. The fraction of sp³-hybridized carbons (Fsp3) is 0.476. The lowest BCUT2D eigenvalue weighted by Gasteiger charge is -2.34. The van der Waals surface area contributed by atoms with Gasteiger partial charge in [0, 0.05) is 30.4 Å². The Morgan fingerprint density at radius 2 is 1.93 bits per heavy atom. The first-order valence-electron chi connectivity index (χ1n) is 9.75. The molecule has 0 bridgehead atoms. The summed E-state index contributed by atoms with van der Waals surface area (Å²) >= 11 is 0. The molecule has 1 aliphatic heterocycles. The Hall–Kier alpha value is -2.67. The van der Waals surface area contributed by atoms with E-state index >= 15 is 0 Å². The number of aromatic nitrogens is 2. The summed E-state index contributed by atoms with van der Waals surface area (Å²) < 4.78 is 5.73. The van der Waals surface area contributed by atoms with Gasteiger partial charge in [-0.05, 0) is 57.7 Å². The molecule has 3 rings (SSSR count). The summed E-state index contributed by atoms with van der Waals surface area (Å²) in [5.41, 5.74) is 7.98. The molecule has 1 aromatic heterocycles. The number of nitrogens with two attached hydrogens (primary N) is 1. The van der Waals surface area contributed by atoms with Crippen molar-refractivity contribution in [3.8, 4) is 5.75 Å². The summed E-state index contributed by atoms with van der Waals surface area (Å²) in [6.45, 7) is 7.43. The second kappa shape index (κ2) is 8.56. The number of hydrogen-bond acceptors (Lipinski definition) is 7. The standard InChI is InChI=1S/C21H29N5O2/c1-13(2)28-16-4-5-18(22)17(10-16)21(23)19-11-20(25-12-24-19)26-8-6-15(7-9-26)14(3)27/h4-5,10-15,23,27H,6-9,22H2,1-3H3. The van der Waals surface area contributed by atoms with Gasteiger partial charge in [-0.3, -0.25) is 5.41 Å². The van der Waals surface area contributed by atoms with Gasteiger partial charge in [0.15, 0.2) is 0 Å². The number of aliphatic hydroxyl groups excluding tert-OH is 1. The molecule has 0 radical (unpaired) electrons. The van der Waals surface area contributed by atoms with Crippen LogP contribution >= 0.6 is 0 Å². The summed E-state index contributed by atoms with van der Waals surface area (Å²) in [4.78, 5) is 10.9. The van der Waals surface area contributed by atoms with Crippen LogP contribution in [0, 0.1) is 11.3 Å². The zero-order chi connectivity index (χ0) is 20.3. The lowest BCUT2D eigenvalue weighted by molar-refractivity contribution is 0.110. The second-order valence-corrected chi connectivity index (χ2v) is 7.62. The monoisotopic (exact) mass is 383 g/mol. The lowest BCUT2D eigenvalue weighted by atomic mass is 9.92. The maximum Gasteiger partial charge on any atom is 0.132 e. The third kappa shape index (κ3) is 4.59. The topological polar surface area (TPSA) is 108 Å². The molecule has 7 nitrogen and oxygen atoms in total. The Balaban J connectivity index is 1.80. The third-order valence-electron chi connectivity index (χ3n) is 5.12. The number of hydrogen-bond donors (Lipinski definition) is 3. The van der Waals surface area contributed by atoms with Gasteiger partial charge in [-0.1, -0.05) is 0 Å². The van der Waals surface area contributed by atoms with Gasteiger partial charge in [0.1, 0.15) is 17.9 Å². The van der Waals surface area contributed by atoms with E-state index in [9.17, 15) is 5.11 Å². The number of anilines is 2. The Labute approximate surface area is 166 Å². The van der Waals surface area contributed by atoms with E-state index in [1.165, 1.54) is 6.33 Å². The zero-order valence-corrected chi connectivity index (χ0v) is 16.7. The maximum atomic E-state index is 9.79. The molecule has 0 spiro atoms. The van der Waals surface area contributed by atoms with Gasteiger partial charge in [-0.15, -0.1) is 0 Å². The van der Waals surface area contributed by atoms with Crippen molar-refractivity contribution in [1.82, 2.24) is 9.97 Å². The van der Waals surface area contributed by atoms with Crippen LogP contribution in [-0.4, -0.2) is 46.1 Å². The average molecular weight is 383 g/mol. The molecule has 0 amide bonds. The van der Waals surface area contributed by atoms with Crippen molar-refractivity contribution in [2.24, 2.45) is 5.92 Å². The van der Waals surface area contributed by atoms with Crippen molar-refractivity contribution in [3.05, 3.63) is 41.9 Å². The summed E-state index contributed by atoms with van der Waals surface area (Å²) in [6, 6.07) is 7.18. The predicted octanol–water partition coefficient (Wildman–Crippen LogP) is 2.86. The SMILES string of the molecule is CC(C)Oc1ccc(N)c(C(=N)c2cc(N3CCC(C(C)O)CC3)ncn2)c1. The molecule has 2 heterocycles. The highest BCUT2D eigenvalue weighted by Crippen LogP contribution is 2.26. The van der Waals surface area contributed by atoms with Crippen LogP contribution in [0.25, 0.3) is 0 Å². The number of aliphatic hydroxyl groups is 1. The van der Waals surface area contributed by atoms with Gasteiger partial charge in [0.2, 0.25) is 0 Å². The van der Waals surface area contributed by atoms with Crippen LogP contribution in [0.5, 0.6) is 5.75 Å². The van der Waals surface area contributed by atoms with Gasteiger partial charge in [0.05, 0.1) is 23.6 Å². The second-order valence-electron chi connectivity index (χ2n) is 7.62.